The standard InChI is InChI=1S/C23H18BrClFNO4/c24-15-7-6-14(20(26)10-15)12-30-21-17-5-2-1-4-16(17)19(25)11-18(21)22(29)27-23(31-13-28)8-3-9-23/h1-2,4-7,10-11,13H,3,8-9,12H2,(H,27,29). The molecule has 3 aromatic carbocycles. The van der Waals surface area contributed by atoms with Gasteiger partial charge in [0.15, 0.2) is 5.72 Å². The maximum absolute atomic E-state index is 14.3. The molecule has 160 valence electrons. The minimum absolute atomic E-state index is 0.0823. The molecule has 0 atom stereocenters. The van der Waals surface area contributed by atoms with E-state index >= 15 is 0 Å². The first-order chi connectivity index (χ1) is 14.9. The molecule has 1 aliphatic carbocycles. The van der Waals surface area contributed by atoms with Crippen LogP contribution >= 0.6 is 27.5 Å². The van der Waals surface area contributed by atoms with Crippen LogP contribution in [0.2, 0.25) is 5.02 Å². The van der Waals surface area contributed by atoms with E-state index in [9.17, 15) is 14.0 Å². The van der Waals surface area contributed by atoms with Gasteiger partial charge in [0.05, 0.1) is 5.56 Å². The van der Waals surface area contributed by atoms with E-state index in [4.69, 9.17) is 21.1 Å². The quantitative estimate of drug-likeness (QED) is 0.327. The number of fused-ring (bicyclic) bond motifs is 1. The summed E-state index contributed by atoms with van der Waals surface area (Å²) < 4.78 is 26.0. The summed E-state index contributed by atoms with van der Waals surface area (Å²) in [6.07, 6.45) is 1.89. The van der Waals surface area contributed by atoms with Crippen molar-refractivity contribution in [1.29, 1.82) is 0 Å². The maximum atomic E-state index is 14.3. The Morgan fingerprint density at radius 1 is 1.19 bits per heavy atom. The molecule has 1 aliphatic rings. The fourth-order valence-corrected chi connectivity index (χ4v) is 4.16. The zero-order valence-electron chi connectivity index (χ0n) is 16.3. The van der Waals surface area contributed by atoms with Crippen LogP contribution in [0.15, 0.2) is 53.0 Å². The van der Waals surface area contributed by atoms with E-state index in [2.05, 4.69) is 21.2 Å². The Hall–Kier alpha value is -2.64. The Balaban J connectivity index is 1.72. The lowest BCUT2D eigenvalue weighted by Crippen LogP contribution is -2.55. The molecule has 1 saturated carbocycles. The van der Waals surface area contributed by atoms with Crippen LogP contribution in [0.4, 0.5) is 4.39 Å². The number of benzene rings is 3. The second kappa shape index (κ2) is 8.85. The van der Waals surface area contributed by atoms with Crippen LogP contribution in [0.3, 0.4) is 0 Å². The SMILES string of the molecule is O=COC1(NC(=O)c2cc(Cl)c3ccccc3c2OCc2ccc(Br)cc2F)CCC1. The van der Waals surface area contributed by atoms with E-state index in [1.165, 1.54) is 12.1 Å². The van der Waals surface area contributed by atoms with Crippen LogP contribution < -0.4 is 10.1 Å². The molecule has 1 N–H and O–H groups in total. The van der Waals surface area contributed by atoms with Gasteiger partial charge in [0.2, 0.25) is 0 Å². The molecule has 1 amide bonds. The lowest BCUT2D eigenvalue weighted by atomic mass is 9.87. The number of hydrogen-bond acceptors (Lipinski definition) is 4. The molecule has 3 aromatic rings. The van der Waals surface area contributed by atoms with E-state index in [1.54, 1.807) is 24.3 Å². The van der Waals surface area contributed by atoms with E-state index in [0.29, 0.717) is 45.1 Å². The van der Waals surface area contributed by atoms with Crippen LogP contribution in [0, 0.1) is 5.82 Å². The van der Waals surface area contributed by atoms with Crippen LogP contribution in [0.25, 0.3) is 10.8 Å². The Kier molecular flexibility index (Phi) is 6.16. The first-order valence-electron chi connectivity index (χ1n) is 9.64. The third kappa shape index (κ3) is 4.38. The molecule has 0 aromatic heterocycles. The fraction of sp³-hybridized carbons (Fsp3) is 0.217. The molecule has 0 bridgehead atoms. The first kappa shape index (κ1) is 21.6. The number of rotatable bonds is 7. The average Bonchev–Trinajstić information content (AvgIpc) is 2.72. The zero-order valence-corrected chi connectivity index (χ0v) is 18.6. The molecule has 1 fully saturated rings. The van der Waals surface area contributed by atoms with Crippen LogP contribution in [0.1, 0.15) is 35.2 Å². The summed E-state index contributed by atoms with van der Waals surface area (Å²) in [6, 6.07) is 13.4. The van der Waals surface area contributed by atoms with Crippen LogP contribution in [-0.2, 0) is 16.1 Å². The Morgan fingerprint density at radius 2 is 1.94 bits per heavy atom. The normalized spacial score (nSPS) is 14.5. The van der Waals surface area contributed by atoms with E-state index in [1.807, 2.05) is 12.1 Å². The van der Waals surface area contributed by atoms with Crippen molar-refractivity contribution in [2.45, 2.75) is 31.6 Å². The van der Waals surface area contributed by atoms with Crippen molar-refractivity contribution >= 4 is 50.7 Å². The third-order valence-corrected chi connectivity index (χ3v) is 6.16. The predicted octanol–water partition coefficient (Wildman–Crippen LogP) is 5.76. The highest BCUT2D eigenvalue weighted by Gasteiger charge is 2.41. The molecule has 8 heteroatoms. The first-order valence-corrected chi connectivity index (χ1v) is 10.8. The van der Waals surface area contributed by atoms with E-state index in [0.717, 1.165) is 6.42 Å². The lowest BCUT2D eigenvalue weighted by molar-refractivity contribution is -0.156. The molecule has 0 spiro atoms. The van der Waals surface area contributed by atoms with Gasteiger partial charge in [0, 0.05) is 38.7 Å². The Morgan fingerprint density at radius 3 is 2.58 bits per heavy atom. The molecule has 0 radical (unpaired) electrons. The second-order valence-corrected chi connectivity index (χ2v) is 8.64. The second-order valence-electron chi connectivity index (χ2n) is 7.32. The minimum Gasteiger partial charge on any atom is -0.487 e. The number of hydrogen-bond donors (Lipinski definition) is 1. The van der Waals surface area contributed by atoms with Gasteiger partial charge in [-0.1, -0.05) is 57.9 Å². The highest BCUT2D eigenvalue weighted by Crippen LogP contribution is 2.38. The van der Waals surface area contributed by atoms with Crippen molar-refractivity contribution in [2.24, 2.45) is 0 Å². The van der Waals surface area contributed by atoms with Gasteiger partial charge in [0.1, 0.15) is 18.2 Å². The van der Waals surface area contributed by atoms with Gasteiger partial charge in [-0.05, 0) is 24.6 Å². The molecule has 0 aliphatic heterocycles. The van der Waals surface area contributed by atoms with Gasteiger partial charge in [-0.3, -0.25) is 9.59 Å². The Bertz CT molecular complexity index is 1170. The molecule has 4 rings (SSSR count). The Labute approximate surface area is 191 Å². The summed E-state index contributed by atoms with van der Waals surface area (Å²) in [5.74, 6) is -0.632. The highest BCUT2D eigenvalue weighted by molar-refractivity contribution is 9.10. The van der Waals surface area contributed by atoms with Crippen LogP contribution in [-0.4, -0.2) is 18.1 Å². The largest absolute Gasteiger partial charge is 0.487 e. The van der Waals surface area contributed by atoms with Gasteiger partial charge < -0.3 is 14.8 Å². The molecule has 31 heavy (non-hydrogen) atoms. The fourth-order valence-electron chi connectivity index (χ4n) is 3.55. The molecular weight excluding hydrogens is 489 g/mol. The summed E-state index contributed by atoms with van der Waals surface area (Å²) in [7, 11) is 0. The number of carbonyl (C=O) groups is 2. The summed E-state index contributed by atoms with van der Waals surface area (Å²) >= 11 is 9.66. The van der Waals surface area contributed by atoms with Gasteiger partial charge >= 0.3 is 0 Å². The summed E-state index contributed by atoms with van der Waals surface area (Å²) in [4.78, 5) is 24.0. The van der Waals surface area contributed by atoms with Crippen molar-refractivity contribution in [3.05, 3.63) is 75.0 Å². The van der Waals surface area contributed by atoms with Crippen molar-refractivity contribution in [3.8, 4) is 5.75 Å². The predicted molar refractivity (Wildman–Crippen MR) is 119 cm³/mol. The molecule has 0 unspecified atom stereocenters. The minimum atomic E-state index is -1.02. The lowest BCUT2D eigenvalue weighted by Gasteiger charge is -2.40. The molecule has 5 nitrogen and oxygen atoms in total. The summed E-state index contributed by atoms with van der Waals surface area (Å²) in [6.45, 7) is 0.252. The average molecular weight is 507 g/mol. The van der Waals surface area contributed by atoms with Gasteiger partial charge in [-0.15, -0.1) is 0 Å². The van der Waals surface area contributed by atoms with E-state index in [-0.39, 0.29) is 17.9 Å². The van der Waals surface area contributed by atoms with Gasteiger partial charge in [0.25, 0.3) is 12.4 Å². The highest BCUT2D eigenvalue weighted by atomic mass is 79.9. The molecular formula is C23H18BrClFNO4. The molecule has 0 heterocycles. The van der Waals surface area contributed by atoms with E-state index < -0.39 is 17.4 Å². The summed E-state index contributed by atoms with van der Waals surface area (Å²) in [5.41, 5.74) is -0.498. The number of ether oxygens (including phenoxy) is 2. The van der Waals surface area contributed by atoms with Gasteiger partial charge in [-0.2, -0.15) is 0 Å². The summed E-state index contributed by atoms with van der Waals surface area (Å²) in [5, 5.41) is 4.49. The van der Waals surface area contributed by atoms with Crippen LogP contribution in [0.5, 0.6) is 5.75 Å². The van der Waals surface area contributed by atoms with Crippen molar-refractivity contribution in [2.75, 3.05) is 0 Å². The van der Waals surface area contributed by atoms with Crippen molar-refractivity contribution in [1.82, 2.24) is 5.32 Å². The van der Waals surface area contributed by atoms with Crippen molar-refractivity contribution in [3.63, 3.8) is 0 Å². The van der Waals surface area contributed by atoms with Crippen molar-refractivity contribution < 1.29 is 23.5 Å². The topological polar surface area (TPSA) is 64.6 Å². The number of nitrogens with one attached hydrogen (secondary N) is 1. The van der Waals surface area contributed by atoms with Gasteiger partial charge in [-0.25, -0.2) is 4.39 Å². The number of carbonyl (C=O) groups excluding carboxylic acids is 2. The monoisotopic (exact) mass is 505 g/mol. The number of halogens is 3. The maximum Gasteiger partial charge on any atom is 0.295 e. The molecule has 0 saturated heterocycles. The smallest absolute Gasteiger partial charge is 0.295 e. The number of amides is 1. The third-order valence-electron chi connectivity index (χ3n) is 5.35. The zero-order chi connectivity index (χ0) is 22.0.